The second-order valence-electron chi connectivity index (χ2n) is 49.7. The lowest BCUT2D eigenvalue weighted by molar-refractivity contribution is 0.0179. The van der Waals surface area contributed by atoms with Gasteiger partial charge >= 0.3 is 0 Å². The van der Waals surface area contributed by atoms with E-state index in [9.17, 15) is 0 Å². The Hall–Kier alpha value is -0.760. The van der Waals surface area contributed by atoms with E-state index in [0.29, 0.717) is 12.1 Å². The number of rotatable bonds is 10. The summed E-state index contributed by atoms with van der Waals surface area (Å²) in [5, 5.41) is 0. The number of likely N-dealkylation sites (N-methyl/N-ethyl adjacent to an activating group) is 5. The fourth-order valence-corrected chi connectivity index (χ4v) is 29.2. The van der Waals surface area contributed by atoms with Gasteiger partial charge in [0.1, 0.15) is 0 Å². The molecule has 748 valence electrons. The molecule has 23 aliphatic rings. The number of nitrogens with zero attached hydrogens (tertiary/aromatic N) is 18. The van der Waals surface area contributed by atoms with Gasteiger partial charge in [-0.15, -0.1) is 0 Å². The predicted octanol–water partition coefficient (Wildman–Crippen LogP) is 16.4. The second-order valence-corrected chi connectivity index (χ2v) is 49.7. The molecular formula is C109H216N18O. The van der Waals surface area contributed by atoms with Gasteiger partial charge in [0, 0.05) is 268 Å². The van der Waals surface area contributed by atoms with Crippen LogP contribution in [0.1, 0.15) is 327 Å². The summed E-state index contributed by atoms with van der Waals surface area (Å²) in [6.07, 6.45) is 36.4. The Balaban J connectivity index is 0.000000136. The normalized spacial score (nSPS) is 38.2. The monoisotopic (exact) mass is 1790 g/mol. The Kier molecular flexibility index (Phi) is 42.8. The van der Waals surface area contributed by atoms with E-state index in [1.54, 1.807) is 0 Å². The summed E-state index contributed by atoms with van der Waals surface area (Å²) < 4.78 is 5.49. The van der Waals surface area contributed by atoms with Crippen LogP contribution in [0.5, 0.6) is 0 Å². The summed E-state index contributed by atoms with van der Waals surface area (Å²) in [5.41, 5.74) is 0. The molecule has 21 saturated heterocycles. The Labute approximate surface area is 794 Å². The minimum atomic E-state index is 0.562. The first kappa shape index (κ1) is 108. The van der Waals surface area contributed by atoms with Crippen LogP contribution < -0.4 is 0 Å². The van der Waals surface area contributed by atoms with Crippen LogP contribution in [-0.2, 0) is 4.74 Å². The summed E-state index contributed by atoms with van der Waals surface area (Å²) in [6, 6.07) is 22.4. The van der Waals surface area contributed by atoms with Gasteiger partial charge in [-0.1, -0.05) is 27.7 Å². The zero-order valence-corrected chi connectivity index (χ0v) is 90.2. The molecule has 20 unspecified atom stereocenters. The zero-order chi connectivity index (χ0) is 92.8. The number of likely N-dealkylation sites (tertiary alicyclic amines) is 9. The average molecular weight is 1800 g/mol. The van der Waals surface area contributed by atoms with Gasteiger partial charge in [-0.2, -0.15) is 0 Å². The molecule has 0 aromatic rings. The van der Waals surface area contributed by atoms with Crippen molar-refractivity contribution < 1.29 is 4.74 Å². The standard InChI is InChI=1S/2C11H22N2.C11H21N.3C10H20N2.2C9H18N2.C9H17N.C8H15NO.C7H13N.C4H10/c1-9(2)13-7-6-10-4-5-11(8-13)12(10)3;1-9(2)13-10-4-5-11(13)8-12(3)7-6-10;1-8(2)12-10-4-5-11(12)7-9(3)6-10;1-8(2)12-6-9-4-5-10(7-12)11(9)3;1-8(2)12-9-4-5-10(12)7-11(3)6-9;1-9(2)12-8-7-11-5-3-10(12)4-6-11;1-7(2)11-6-8-4-9(11)5-10(8)3;1-8(2)11-6-5-10-4-3-9(11)7-10;1-7(2)10-6-8-3-4-9(10)5-8;1-6(2)9-4-8-3-7(9)5-10-8;1-8-5-6-2-3-7(8)4-6;1-4(2)3/h2*9-11H,4-8H2,1-3H3;8-11H,4-7H2,1-3H3;2*8-10H,4-7H2,1-3H3;9-10H,3-8H2,1-2H3;7-9H,4-6H2,1-3H3;8-9H,3-7H2,1-2H3;7-9H,3-6H2,1-2H3;6-8H,3-5H2,1-2H3;6-7H,2-5H2,1H3;4H,1-3H3. The fraction of sp³-hybridized carbons (Fsp3) is 1.00. The molecule has 21 heterocycles. The SMILES string of the molecule is CC(C)C.CC(C)N1C2CCC1CN(C)C2.CC(C)N1C2CCC1CN(C)CC2.CC(C)N1CC2CC1CN2C.CC(C)N1CC2CC1CO2.CC(C)N1CC2CCC(C1)N2C.CC(C)N1CC2CCC1C2.CC(C)N1CCC2CCC(C1)N2C.CC(C)N1CCN2CCC1C2.CC(C)N1CCN2CCC1CC2.CC1CC2CCC(C1)N2C(C)C.CN1CC2CCC1C2. The maximum Gasteiger partial charge on any atom is 0.0718 e. The molecule has 19 heteroatoms. The first-order chi connectivity index (χ1) is 60.8. The molecule has 0 amide bonds. The van der Waals surface area contributed by atoms with Crippen LogP contribution in [0.25, 0.3) is 0 Å². The van der Waals surface area contributed by atoms with E-state index in [2.05, 4.69) is 297 Å². The van der Waals surface area contributed by atoms with Crippen molar-refractivity contribution in [2.75, 3.05) is 186 Å². The van der Waals surface area contributed by atoms with E-state index >= 15 is 0 Å². The van der Waals surface area contributed by atoms with Gasteiger partial charge in [0.15, 0.2) is 0 Å². The molecule has 22 bridgehead atoms. The molecule has 2 saturated carbocycles. The Morgan fingerprint density at radius 3 is 1.04 bits per heavy atom. The smallest absolute Gasteiger partial charge is 0.0718 e. The molecule has 23 fully saturated rings. The molecule has 0 spiro atoms. The number of piperidine rings is 4. The van der Waals surface area contributed by atoms with Gasteiger partial charge in [0.25, 0.3) is 0 Å². The first-order valence-electron chi connectivity index (χ1n) is 55.6. The van der Waals surface area contributed by atoms with Gasteiger partial charge in [0.2, 0.25) is 0 Å². The number of hydrogen-bond donors (Lipinski definition) is 0. The summed E-state index contributed by atoms with van der Waals surface area (Å²) in [4.78, 5) is 47.1. The van der Waals surface area contributed by atoms with E-state index in [0.717, 1.165) is 187 Å². The van der Waals surface area contributed by atoms with Crippen molar-refractivity contribution in [1.29, 1.82) is 0 Å². The summed E-state index contributed by atoms with van der Waals surface area (Å²) >= 11 is 0. The molecule has 0 aromatic carbocycles. The van der Waals surface area contributed by atoms with Crippen LogP contribution in [0.2, 0.25) is 0 Å². The van der Waals surface area contributed by atoms with Crippen LogP contribution in [0.4, 0.5) is 0 Å². The van der Waals surface area contributed by atoms with Crippen LogP contribution in [0.15, 0.2) is 0 Å². The summed E-state index contributed by atoms with van der Waals surface area (Å²) in [7, 11) is 13.6. The highest BCUT2D eigenvalue weighted by atomic mass is 16.5. The molecule has 0 N–H and O–H groups in total. The number of morpholine rings is 1. The van der Waals surface area contributed by atoms with Crippen molar-refractivity contribution in [3.8, 4) is 0 Å². The van der Waals surface area contributed by atoms with Crippen molar-refractivity contribution in [3.63, 3.8) is 0 Å². The third-order valence-corrected chi connectivity index (χ3v) is 36.1. The van der Waals surface area contributed by atoms with E-state index in [1.165, 1.54) is 298 Å². The van der Waals surface area contributed by atoms with Crippen LogP contribution in [0.3, 0.4) is 0 Å². The third-order valence-electron chi connectivity index (χ3n) is 36.1. The minimum absolute atomic E-state index is 0.562. The molecule has 19 nitrogen and oxygen atoms in total. The van der Waals surface area contributed by atoms with Crippen LogP contribution in [0, 0.1) is 23.7 Å². The van der Waals surface area contributed by atoms with Gasteiger partial charge in [0.05, 0.1) is 12.7 Å². The summed E-state index contributed by atoms with van der Waals surface area (Å²) in [6.45, 7) is 83.7. The lowest BCUT2D eigenvalue weighted by atomic mass is 9.91. The van der Waals surface area contributed by atoms with Crippen molar-refractivity contribution in [2.24, 2.45) is 23.7 Å². The lowest BCUT2D eigenvalue weighted by Crippen LogP contribution is -2.54. The Morgan fingerprint density at radius 2 is 0.617 bits per heavy atom. The lowest BCUT2D eigenvalue weighted by Gasteiger charge is -2.41. The molecule has 2 aliphatic carbocycles. The molecular weight excluding hydrogens is 1580 g/mol. The third kappa shape index (κ3) is 29.9. The predicted molar refractivity (Wildman–Crippen MR) is 548 cm³/mol. The molecule has 23 rings (SSSR count). The van der Waals surface area contributed by atoms with Crippen molar-refractivity contribution >= 4 is 0 Å². The largest absolute Gasteiger partial charge is 0.375 e. The van der Waals surface area contributed by atoms with E-state index in [4.69, 9.17) is 4.74 Å². The minimum Gasteiger partial charge on any atom is -0.375 e. The highest BCUT2D eigenvalue weighted by molar-refractivity contribution is 5.03. The quantitative estimate of drug-likeness (QED) is 0.208. The van der Waals surface area contributed by atoms with Crippen molar-refractivity contribution in [1.82, 2.24) is 88.2 Å². The van der Waals surface area contributed by atoms with E-state index in [-0.39, 0.29) is 0 Å². The van der Waals surface area contributed by atoms with Crippen LogP contribution >= 0.6 is 0 Å². The van der Waals surface area contributed by atoms with Crippen molar-refractivity contribution in [2.45, 2.75) is 496 Å². The highest BCUT2D eigenvalue weighted by Crippen LogP contribution is 2.43. The Bertz CT molecular complexity index is 2950. The Morgan fingerprint density at radius 1 is 0.219 bits per heavy atom. The van der Waals surface area contributed by atoms with Gasteiger partial charge in [-0.25, -0.2) is 0 Å². The molecule has 21 aliphatic heterocycles. The highest BCUT2D eigenvalue weighted by Gasteiger charge is 2.47. The maximum absolute atomic E-state index is 5.49. The molecule has 0 aromatic heterocycles. The second kappa shape index (κ2) is 50.9. The number of ether oxygens (including phenoxy) is 1. The van der Waals surface area contributed by atoms with Gasteiger partial charge < -0.3 is 34.1 Å². The average Bonchev–Trinajstić information content (AvgIpc) is 1.64. The molecule has 128 heavy (non-hydrogen) atoms. The summed E-state index contributed by atoms with van der Waals surface area (Å²) in [5.74, 6) is 3.95. The van der Waals surface area contributed by atoms with Crippen molar-refractivity contribution in [3.05, 3.63) is 0 Å². The topological polar surface area (TPSA) is 67.6 Å². The van der Waals surface area contributed by atoms with E-state index in [1.807, 2.05) is 0 Å². The molecule has 0 radical (unpaired) electrons. The number of hydrogen-bond acceptors (Lipinski definition) is 19. The van der Waals surface area contributed by atoms with E-state index < -0.39 is 0 Å². The fourth-order valence-electron chi connectivity index (χ4n) is 29.2. The number of piperazine rings is 4. The van der Waals surface area contributed by atoms with Gasteiger partial charge in [-0.05, 0) is 398 Å². The maximum atomic E-state index is 5.49. The zero-order valence-electron chi connectivity index (χ0n) is 90.2. The molecule has 20 atom stereocenters. The first-order valence-corrected chi connectivity index (χ1v) is 55.6. The van der Waals surface area contributed by atoms with Crippen LogP contribution in [-0.4, -0.2) is 444 Å². The number of fused-ring (bicyclic) bond motifs is 24. The van der Waals surface area contributed by atoms with Gasteiger partial charge in [-0.3, -0.25) is 58.8 Å².